The van der Waals surface area contributed by atoms with Crippen LogP contribution in [-0.2, 0) is 0 Å². The molecule has 0 bridgehead atoms. The summed E-state index contributed by atoms with van der Waals surface area (Å²) in [4.78, 5) is 22.1. The van der Waals surface area contributed by atoms with E-state index in [2.05, 4.69) is 4.74 Å². The maximum absolute atomic E-state index is 12.3. The number of hydrogen-bond acceptors (Lipinski definition) is 4. The lowest BCUT2D eigenvalue weighted by Gasteiger charge is -2.10. The zero-order chi connectivity index (χ0) is 17.7. The zero-order valence-electron chi connectivity index (χ0n) is 12.0. The molecule has 8 heteroatoms. The molecule has 2 aromatic rings. The molecule has 0 atom stereocenters. The van der Waals surface area contributed by atoms with Crippen molar-refractivity contribution in [2.75, 3.05) is 0 Å². The number of halogens is 3. The first-order valence-corrected chi connectivity index (χ1v) is 6.58. The Hall–Kier alpha value is -3.16. The molecular formula is C16H10F3NO4. The van der Waals surface area contributed by atoms with Crippen LogP contribution in [0.3, 0.4) is 0 Å². The second kappa shape index (κ2) is 6.95. The Bertz CT molecular complexity index is 800. The average Bonchev–Trinajstić information content (AvgIpc) is 2.52. The number of ketones is 1. The van der Waals surface area contributed by atoms with Gasteiger partial charge in [-0.1, -0.05) is 30.3 Å². The van der Waals surface area contributed by atoms with Gasteiger partial charge in [0.1, 0.15) is 5.75 Å². The number of carbonyl (C=O) groups is 1. The highest BCUT2D eigenvalue weighted by molar-refractivity contribution is 6.07. The Morgan fingerprint density at radius 1 is 1.12 bits per heavy atom. The number of carbonyl (C=O) groups excluding carboxylic acids is 1. The van der Waals surface area contributed by atoms with Crippen molar-refractivity contribution in [1.82, 2.24) is 0 Å². The molecule has 0 heterocycles. The molecule has 24 heavy (non-hydrogen) atoms. The fraction of sp³-hybridized carbons (Fsp3) is 0.0625. The third-order valence-corrected chi connectivity index (χ3v) is 2.90. The van der Waals surface area contributed by atoms with Crippen LogP contribution in [0.15, 0.2) is 54.6 Å². The van der Waals surface area contributed by atoms with Crippen molar-refractivity contribution in [3.63, 3.8) is 0 Å². The molecule has 0 aliphatic heterocycles. The van der Waals surface area contributed by atoms with Crippen LogP contribution in [0.4, 0.5) is 18.9 Å². The lowest BCUT2D eigenvalue weighted by Crippen LogP contribution is -2.17. The summed E-state index contributed by atoms with van der Waals surface area (Å²) >= 11 is 0. The fourth-order valence-corrected chi connectivity index (χ4v) is 1.87. The van der Waals surface area contributed by atoms with Crippen LogP contribution in [-0.4, -0.2) is 17.1 Å². The summed E-state index contributed by atoms with van der Waals surface area (Å²) in [5, 5.41) is 10.7. The van der Waals surface area contributed by atoms with Crippen LogP contribution >= 0.6 is 0 Å². The summed E-state index contributed by atoms with van der Waals surface area (Å²) in [6.45, 7) is 0. The van der Waals surface area contributed by atoms with Crippen LogP contribution in [0.25, 0.3) is 6.08 Å². The number of para-hydroxylation sites is 1. The van der Waals surface area contributed by atoms with Gasteiger partial charge in [0.2, 0.25) is 0 Å². The number of nitrogens with zero attached hydrogens (tertiary/aromatic N) is 1. The lowest BCUT2D eigenvalue weighted by atomic mass is 10.1. The summed E-state index contributed by atoms with van der Waals surface area (Å²) in [6.07, 6.45) is -2.67. The van der Waals surface area contributed by atoms with Crippen molar-refractivity contribution in [3.8, 4) is 5.75 Å². The standard InChI is InChI=1S/C16H10F3NO4/c17-16(18,19)24-15-7-2-1-4-11(15)8-9-14(21)12-5-3-6-13(10-12)20(22)23/h1-10H/b9-8+. The Balaban J connectivity index is 2.23. The third kappa shape index (κ3) is 4.67. The molecule has 124 valence electrons. The van der Waals surface area contributed by atoms with Gasteiger partial charge in [-0.2, -0.15) is 0 Å². The Labute approximate surface area is 134 Å². The van der Waals surface area contributed by atoms with Crippen LogP contribution in [0.5, 0.6) is 5.75 Å². The second-order valence-corrected chi connectivity index (χ2v) is 4.59. The van der Waals surface area contributed by atoms with Gasteiger partial charge in [0, 0.05) is 23.3 Å². The number of ether oxygens (including phenoxy) is 1. The molecule has 0 spiro atoms. The Morgan fingerprint density at radius 3 is 2.50 bits per heavy atom. The normalized spacial score (nSPS) is 11.5. The van der Waals surface area contributed by atoms with Crippen molar-refractivity contribution in [2.24, 2.45) is 0 Å². The first kappa shape index (κ1) is 17.2. The second-order valence-electron chi connectivity index (χ2n) is 4.59. The van der Waals surface area contributed by atoms with Crippen LogP contribution in [0.1, 0.15) is 15.9 Å². The van der Waals surface area contributed by atoms with E-state index in [1.165, 1.54) is 36.4 Å². The molecule has 0 amide bonds. The minimum atomic E-state index is -4.85. The van der Waals surface area contributed by atoms with E-state index < -0.39 is 22.8 Å². The molecule has 0 saturated heterocycles. The molecule has 0 aliphatic rings. The van der Waals surface area contributed by atoms with E-state index >= 15 is 0 Å². The summed E-state index contributed by atoms with van der Waals surface area (Å²) in [5.74, 6) is -1.03. The molecule has 0 unspecified atom stereocenters. The van der Waals surface area contributed by atoms with Gasteiger partial charge in [-0.05, 0) is 18.2 Å². The van der Waals surface area contributed by atoms with Crippen molar-refractivity contribution >= 4 is 17.5 Å². The van der Waals surface area contributed by atoms with Crippen LogP contribution in [0.2, 0.25) is 0 Å². The number of non-ortho nitro benzene ring substituents is 1. The van der Waals surface area contributed by atoms with Crippen molar-refractivity contribution in [1.29, 1.82) is 0 Å². The van der Waals surface area contributed by atoms with Gasteiger partial charge >= 0.3 is 6.36 Å². The van der Waals surface area contributed by atoms with Crippen LogP contribution in [0, 0.1) is 10.1 Å². The molecule has 0 aliphatic carbocycles. The van der Waals surface area contributed by atoms with Crippen molar-refractivity contribution in [2.45, 2.75) is 6.36 Å². The van der Waals surface area contributed by atoms with Crippen molar-refractivity contribution in [3.05, 3.63) is 75.8 Å². The smallest absolute Gasteiger partial charge is 0.405 e. The van der Waals surface area contributed by atoms with Crippen molar-refractivity contribution < 1.29 is 27.6 Å². The van der Waals surface area contributed by atoms with Gasteiger partial charge < -0.3 is 4.74 Å². The average molecular weight is 337 g/mol. The van der Waals surface area contributed by atoms with Crippen LogP contribution < -0.4 is 4.74 Å². The van der Waals surface area contributed by atoms with Gasteiger partial charge in [-0.3, -0.25) is 14.9 Å². The van der Waals surface area contributed by atoms with Gasteiger partial charge in [0.15, 0.2) is 5.78 Å². The van der Waals surface area contributed by atoms with Gasteiger partial charge in [-0.25, -0.2) is 0 Å². The number of alkyl halides is 3. The highest BCUT2D eigenvalue weighted by Crippen LogP contribution is 2.27. The highest BCUT2D eigenvalue weighted by Gasteiger charge is 2.31. The number of nitro benzene ring substituents is 1. The van der Waals surface area contributed by atoms with E-state index in [1.54, 1.807) is 0 Å². The number of allylic oxidation sites excluding steroid dienone is 1. The molecule has 0 N–H and O–H groups in total. The number of rotatable bonds is 5. The molecule has 0 aromatic heterocycles. The van der Waals surface area contributed by atoms with E-state index in [9.17, 15) is 28.1 Å². The topological polar surface area (TPSA) is 69.4 Å². The number of benzene rings is 2. The maximum atomic E-state index is 12.3. The Morgan fingerprint density at radius 2 is 1.83 bits per heavy atom. The quantitative estimate of drug-likeness (QED) is 0.351. The zero-order valence-corrected chi connectivity index (χ0v) is 12.0. The fourth-order valence-electron chi connectivity index (χ4n) is 1.87. The predicted octanol–water partition coefficient (Wildman–Crippen LogP) is 4.39. The maximum Gasteiger partial charge on any atom is 0.573 e. The minimum Gasteiger partial charge on any atom is -0.405 e. The lowest BCUT2D eigenvalue weighted by molar-refractivity contribution is -0.384. The van der Waals surface area contributed by atoms with Gasteiger partial charge in [-0.15, -0.1) is 13.2 Å². The SMILES string of the molecule is O=C(/C=C/c1ccccc1OC(F)(F)F)c1cccc([N+](=O)[O-])c1. The number of nitro groups is 1. The predicted molar refractivity (Wildman–Crippen MR) is 79.6 cm³/mol. The summed E-state index contributed by atoms with van der Waals surface area (Å²) in [6, 6.07) is 10.3. The van der Waals surface area contributed by atoms with Gasteiger partial charge in [0.25, 0.3) is 5.69 Å². The van der Waals surface area contributed by atoms with Gasteiger partial charge in [0.05, 0.1) is 4.92 Å². The molecule has 0 fully saturated rings. The Kier molecular flexibility index (Phi) is 4.98. The monoisotopic (exact) mass is 337 g/mol. The number of hydrogen-bond donors (Lipinski definition) is 0. The van der Waals surface area contributed by atoms with E-state index in [0.717, 1.165) is 24.3 Å². The molecular weight excluding hydrogens is 327 g/mol. The molecule has 5 nitrogen and oxygen atoms in total. The van der Waals surface area contributed by atoms with E-state index in [0.29, 0.717) is 0 Å². The summed E-state index contributed by atoms with van der Waals surface area (Å²) < 4.78 is 40.9. The first-order valence-electron chi connectivity index (χ1n) is 6.58. The first-order chi connectivity index (χ1) is 11.3. The molecule has 0 radical (unpaired) electrons. The largest absolute Gasteiger partial charge is 0.573 e. The molecule has 2 aromatic carbocycles. The van der Waals surface area contributed by atoms with E-state index in [4.69, 9.17) is 0 Å². The summed E-state index contributed by atoms with van der Waals surface area (Å²) in [7, 11) is 0. The van der Waals surface area contributed by atoms with E-state index in [1.807, 2.05) is 0 Å². The van der Waals surface area contributed by atoms with E-state index in [-0.39, 0.29) is 16.8 Å². The third-order valence-electron chi connectivity index (χ3n) is 2.90. The molecule has 2 rings (SSSR count). The highest BCUT2D eigenvalue weighted by atomic mass is 19.4. The minimum absolute atomic E-state index is 0.0496. The summed E-state index contributed by atoms with van der Waals surface area (Å²) in [5.41, 5.74) is -0.154. The molecule has 0 saturated carbocycles.